The lowest BCUT2D eigenvalue weighted by atomic mass is 10.2. The second kappa shape index (κ2) is 7.49. The first-order valence-electron chi connectivity index (χ1n) is 6.10. The minimum absolute atomic E-state index is 0.134. The fourth-order valence-corrected chi connectivity index (χ4v) is 2.70. The molecule has 0 aliphatic heterocycles. The van der Waals surface area contributed by atoms with Crippen LogP contribution in [0.4, 0.5) is 0 Å². The number of thiophene rings is 1. The summed E-state index contributed by atoms with van der Waals surface area (Å²) in [6.45, 7) is 0. The highest BCUT2D eigenvalue weighted by Crippen LogP contribution is 2.33. The van der Waals surface area contributed by atoms with Crippen LogP contribution >= 0.6 is 34.5 Å². The standard InChI is InChI=1S/C14H12Cl2N2O3S/c1-17-14(19)12(18-20-2)13-11(5-6-22-13)21-8-3-4-9(15)10(16)7-8/h3-7H,1-2H3,(H,17,19)/b18-12-. The third-order valence-corrected chi connectivity index (χ3v) is 4.23. The van der Waals surface area contributed by atoms with Gasteiger partial charge in [0.1, 0.15) is 23.5 Å². The Hall–Kier alpha value is -1.76. The second-order valence-corrected chi connectivity index (χ2v) is 5.72. The molecule has 0 spiro atoms. The molecule has 5 nitrogen and oxygen atoms in total. The molecule has 1 N–H and O–H groups in total. The Balaban J connectivity index is 2.34. The van der Waals surface area contributed by atoms with E-state index in [4.69, 9.17) is 32.8 Å². The summed E-state index contributed by atoms with van der Waals surface area (Å²) in [5.41, 5.74) is 0.134. The molecule has 0 aliphatic carbocycles. The summed E-state index contributed by atoms with van der Waals surface area (Å²) in [5.74, 6) is 0.605. The van der Waals surface area contributed by atoms with E-state index in [9.17, 15) is 4.79 Å². The summed E-state index contributed by atoms with van der Waals surface area (Å²) < 4.78 is 5.76. The zero-order chi connectivity index (χ0) is 16.1. The van der Waals surface area contributed by atoms with Gasteiger partial charge in [-0.3, -0.25) is 4.79 Å². The number of nitrogens with one attached hydrogen (secondary N) is 1. The maximum Gasteiger partial charge on any atom is 0.274 e. The van der Waals surface area contributed by atoms with Crippen LogP contribution in [-0.4, -0.2) is 25.8 Å². The van der Waals surface area contributed by atoms with Gasteiger partial charge in [-0.05, 0) is 23.6 Å². The van der Waals surface area contributed by atoms with Crippen molar-refractivity contribution in [2.75, 3.05) is 14.2 Å². The van der Waals surface area contributed by atoms with Gasteiger partial charge in [-0.15, -0.1) is 11.3 Å². The molecular formula is C14H12Cl2N2O3S. The Bertz CT molecular complexity index is 716. The molecule has 2 rings (SSSR count). The van der Waals surface area contributed by atoms with Crippen LogP contribution in [0, 0.1) is 0 Å². The smallest absolute Gasteiger partial charge is 0.274 e. The topological polar surface area (TPSA) is 59.9 Å². The van der Waals surface area contributed by atoms with Crippen LogP contribution < -0.4 is 10.1 Å². The molecule has 0 radical (unpaired) electrons. The quantitative estimate of drug-likeness (QED) is 0.650. The van der Waals surface area contributed by atoms with Crippen LogP contribution in [0.25, 0.3) is 0 Å². The average Bonchev–Trinajstić information content (AvgIpc) is 2.95. The van der Waals surface area contributed by atoms with Crippen LogP contribution in [0.1, 0.15) is 4.88 Å². The second-order valence-electron chi connectivity index (χ2n) is 3.99. The first-order chi connectivity index (χ1) is 10.6. The summed E-state index contributed by atoms with van der Waals surface area (Å²) in [7, 11) is 2.89. The van der Waals surface area contributed by atoms with Crippen molar-refractivity contribution >= 4 is 46.2 Å². The van der Waals surface area contributed by atoms with E-state index in [2.05, 4.69) is 10.5 Å². The molecule has 22 heavy (non-hydrogen) atoms. The van der Waals surface area contributed by atoms with E-state index in [1.807, 2.05) is 0 Å². The first-order valence-corrected chi connectivity index (χ1v) is 7.74. The van der Waals surface area contributed by atoms with Gasteiger partial charge in [0.25, 0.3) is 5.91 Å². The molecule has 2 aromatic rings. The predicted octanol–water partition coefficient (Wildman–Crippen LogP) is 3.94. The fraction of sp³-hybridized carbons (Fsp3) is 0.143. The summed E-state index contributed by atoms with van der Waals surface area (Å²) in [6, 6.07) is 6.64. The molecule has 1 amide bonds. The van der Waals surface area contributed by atoms with Gasteiger partial charge in [0.15, 0.2) is 5.71 Å². The number of nitrogens with zero attached hydrogens (tertiary/aromatic N) is 1. The highest BCUT2D eigenvalue weighted by Gasteiger charge is 2.20. The first kappa shape index (κ1) is 16.6. The van der Waals surface area contributed by atoms with Crippen LogP contribution in [0.2, 0.25) is 10.0 Å². The maximum absolute atomic E-state index is 11.9. The molecule has 1 aromatic carbocycles. The minimum Gasteiger partial charge on any atom is -0.456 e. The number of carbonyl (C=O) groups is 1. The molecule has 0 fully saturated rings. The number of benzene rings is 1. The van der Waals surface area contributed by atoms with Crippen LogP contribution in [0.5, 0.6) is 11.5 Å². The number of oxime groups is 1. The number of hydrogen-bond acceptors (Lipinski definition) is 5. The van der Waals surface area contributed by atoms with Crippen LogP contribution in [0.15, 0.2) is 34.8 Å². The van der Waals surface area contributed by atoms with E-state index in [1.165, 1.54) is 25.5 Å². The summed E-state index contributed by atoms with van der Waals surface area (Å²) in [5, 5.41) is 8.87. The predicted molar refractivity (Wildman–Crippen MR) is 88.5 cm³/mol. The monoisotopic (exact) mass is 358 g/mol. The summed E-state index contributed by atoms with van der Waals surface area (Å²) in [4.78, 5) is 17.2. The molecule has 0 bridgehead atoms. The lowest BCUT2D eigenvalue weighted by Gasteiger charge is -2.08. The normalized spacial score (nSPS) is 11.2. The van der Waals surface area contributed by atoms with E-state index < -0.39 is 0 Å². The number of ether oxygens (including phenoxy) is 1. The minimum atomic E-state index is -0.372. The van der Waals surface area contributed by atoms with Crippen LogP contribution in [-0.2, 0) is 9.63 Å². The number of hydrogen-bond donors (Lipinski definition) is 1. The molecule has 116 valence electrons. The largest absolute Gasteiger partial charge is 0.456 e. The molecule has 0 saturated heterocycles. The van der Waals surface area contributed by atoms with E-state index in [-0.39, 0.29) is 11.6 Å². The Morgan fingerprint density at radius 2 is 2.05 bits per heavy atom. The number of halogens is 2. The number of carbonyl (C=O) groups excluding carboxylic acids is 1. The van der Waals surface area contributed by atoms with E-state index in [1.54, 1.807) is 29.6 Å². The third-order valence-electron chi connectivity index (χ3n) is 2.59. The molecular weight excluding hydrogens is 347 g/mol. The van der Waals surface area contributed by atoms with Crippen molar-refractivity contribution in [3.63, 3.8) is 0 Å². The van der Waals surface area contributed by atoms with E-state index in [0.29, 0.717) is 26.4 Å². The molecule has 0 unspecified atom stereocenters. The van der Waals surface area contributed by atoms with Crippen molar-refractivity contribution < 1.29 is 14.4 Å². The number of rotatable bonds is 5. The van der Waals surface area contributed by atoms with Crippen molar-refractivity contribution in [3.8, 4) is 11.5 Å². The van der Waals surface area contributed by atoms with Gasteiger partial charge in [0, 0.05) is 13.1 Å². The Kier molecular flexibility index (Phi) is 5.65. The van der Waals surface area contributed by atoms with Crippen LogP contribution in [0.3, 0.4) is 0 Å². The van der Waals surface area contributed by atoms with Crippen molar-refractivity contribution in [2.45, 2.75) is 0 Å². The molecule has 8 heteroatoms. The van der Waals surface area contributed by atoms with Gasteiger partial charge in [-0.2, -0.15) is 0 Å². The van der Waals surface area contributed by atoms with Gasteiger partial charge >= 0.3 is 0 Å². The van der Waals surface area contributed by atoms with Gasteiger partial charge in [0.05, 0.1) is 10.0 Å². The molecule has 0 atom stereocenters. The van der Waals surface area contributed by atoms with Crippen molar-refractivity contribution in [2.24, 2.45) is 5.16 Å². The highest BCUT2D eigenvalue weighted by atomic mass is 35.5. The van der Waals surface area contributed by atoms with Gasteiger partial charge in [-0.1, -0.05) is 28.4 Å². The van der Waals surface area contributed by atoms with Crippen molar-refractivity contribution in [1.29, 1.82) is 0 Å². The lowest BCUT2D eigenvalue weighted by Crippen LogP contribution is -2.28. The highest BCUT2D eigenvalue weighted by molar-refractivity contribution is 7.13. The number of amides is 1. The summed E-state index contributed by atoms with van der Waals surface area (Å²) >= 11 is 13.1. The Morgan fingerprint density at radius 1 is 1.27 bits per heavy atom. The fourth-order valence-electron chi connectivity index (χ4n) is 1.61. The van der Waals surface area contributed by atoms with Gasteiger partial charge in [0.2, 0.25) is 0 Å². The third kappa shape index (κ3) is 3.71. The average molecular weight is 359 g/mol. The number of likely N-dealkylation sites (N-methyl/N-ethyl adjacent to an activating group) is 1. The SMILES string of the molecule is CNC(=O)/C(=N\OC)c1sccc1Oc1ccc(Cl)c(Cl)c1. The zero-order valence-electron chi connectivity index (χ0n) is 11.7. The molecule has 0 saturated carbocycles. The Labute approximate surface area is 141 Å². The molecule has 1 heterocycles. The van der Waals surface area contributed by atoms with Crippen molar-refractivity contribution in [3.05, 3.63) is 44.6 Å². The maximum atomic E-state index is 11.9. The molecule has 0 aliphatic rings. The van der Waals surface area contributed by atoms with Crippen molar-refractivity contribution in [1.82, 2.24) is 5.32 Å². The van der Waals surface area contributed by atoms with Gasteiger partial charge < -0.3 is 14.9 Å². The van der Waals surface area contributed by atoms with E-state index in [0.717, 1.165) is 0 Å². The lowest BCUT2D eigenvalue weighted by molar-refractivity contribution is -0.114. The van der Waals surface area contributed by atoms with E-state index >= 15 is 0 Å². The molecule has 1 aromatic heterocycles. The Morgan fingerprint density at radius 3 is 2.68 bits per heavy atom. The summed E-state index contributed by atoms with van der Waals surface area (Å²) in [6.07, 6.45) is 0. The zero-order valence-corrected chi connectivity index (χ0v) is 14.1. The van der Waals surface area contributed by atoms with Gasteiger partial charge in [-0.25, -0.2) is 0 Å².